The molecule has 0 spiro atoms. The van der Waals surface area contributed by atoms with E-state index >= 15 is 0 Å². The van der Waals surface area contributed by atoms with Crippen LogP contribution in [0.4, 0.5) is 0 Å². The quantitative estimate of drug-likeness (QED) is 0.357. The molecule has 142 valence electrons. The second-order valence-corrected chi connectivity index (χ2v) is 7.65. The van der Waals surface area contributed by atoms with E-state index < -0.39 is 12.1 Å². The highest BCUT2D eigenvalue weighted by molar-refractivity contribution is 7.98. The van der Waals surface area contributed by atoms with E-state index in [1.807, 2.05) is 37.4 Å². The Kier molecular flexibility index (Phi) is 5.79. The zero-order valence-corrected chi connectivity index (χ0v) is 17.2. The van der Waals surface area contributed by atoms with Crippen molar-refractivity contribution in [2.24, 2.45) is 0 Å². The minimum Gasteiger partial charge on any atom is -0.456 e. The van der Waals surface area contributed by atoms with Crippen molar-refractivity contribution in [1.82, 2.24) is 9.97 Å². The molecule has 2 heterocycles. The van der Waals surface area contributed by atoms with Crippen LogP contribution in [0.2, 0.25) is 5.15 Å². The second-order valence-electron chi connectivity index (χ2n) is 6.41. The Hall–Kier alpha value is -2.02. The molecule has 0 saturated heterocycles. The average molecular weight is 405 g/mol. The van der Waals surface area contributed by atoms with E-state index in [4.69, 9.17) is 16.3 Å². The summed E-state index contributed by atoms with van der Waals surface area (Å²) in [4.78, 5) is 21.0. The van der Waals surface area contributed by atoms with Crippen LogP contribution in [0, 0.1) is 13.8 Å². The molecule has 0 fully saturated rings. The molecule has 3 aromatic rings. The van der Waals surface area contributed by atoms with Crippen LogP contribution < -0.4 is 0 Å². The molecule has 5 nitrogen and oxygen atoms in total. The van der Waals surface area contributed by atoms with Gasteiger partial charge in [-0.15, -0.1) is 11.8 Å². The summed E-state index contributed by atoms with van der Waals surface area (Å²) in [7, 11) is 0. The van der Waals surface area contributed by atoms with Crippen LogP contribution in [0.3, 0.4) is 0 Å². The monoisotopic (exact) mass is 404 g/mol. The Morgan fingerprint density at radius 3 is 2.74 bits per heavy atom. The summed E-state index contributed by atoms with van der Waals surface area (Å²) < 4.78 is 5.44. The lowest BCUT2D eigenvalue weighted by Gasteiger charge is -2.09. The molecule has 2 N–H and O–H groups in total. The normalized spacial score (nSPS) is 12.4. The van der Waals surface area contributed by atoms with Gasteiger partial charge in [-0.1, -0.05) is 17.7 Å². The number of hydrogen-bond acceptors (Lipinski definition) is 5. The van der Waals surface area contributed by atoms with E-state index in [1.54, 1.807) is 25.6 Å². The first kappa shape index (κ1) is 19.7. The number of fused-ring (bicyclic) bond motifs is 1. The molecule has 0 bridgehead atoms. The molecule has 2 aromatic heterocycles. The Balaban J connectivity index is 1.81. The Labute approximate surface area is 167 Å². The van der Waals surface area contributed by atoms with Crippen molar-refractivity contribution in [2.45, 2.75) is 38.4 Å². The number of H-pyrrole nitrogens is 1. The number of esters is 1. The third-order valence-corrected chi connectivity index (χ3v) is 5.58. The van der Waals surface area contributed by atoms with Crippen molar-refractivity contribution in [2.75, 3.05) is 6.26 Å². The predicted molar refractivity (Wildman–Crippen MR) is 109 cm³/mol. The fourth-order valence-electron chi connectivity index (χ4n) is 3.21. The van der Waals surface area contributed by atoms with Gasteiger partial charge in [-0.2, -0.15) is 0 Å². The van der Waals surface area contributed by atoms with Gasteiger partial charge in [0.25, 0.3) is 0 Å². The van der Waals surface area contributed by atoms with E-state index in [2.05, 4.69) is 9.97 Å². The van der Waals surface area contributed by atoms with Gasteiger partial charge in [0.05, 0.1) is 11.6 Å². The predicted octanol–water partition coefficient (Wildman–Crippen LogP) is 4.97. The fourth-order valence-corrected chi connectivity index (χ4v) is 3.84. The average Bonchev–Trinajstić information content (AvgIpc) is 2.93. The standard InChI is InChI=1S/C20H21ClN2O3S/c1-10-17(12(3)24)11(2)22-18(10)20(25)26-9-14-7-13-5-6-15(27-4)8-16(13)23-19(14)21/h5-8,12,22,24H,9H2,1-4H3/t12-/m0/s1. The van der Waals surface area contributed by atoms with Crippen molar-refractivity contribution in [3.63, 3.8) is 0 Å². The zero-order chi connectivity index (χ0) is 19.7. The highest BCUT2D eigenvalue weighted by Gasteiger charge is 2.21. The minimum absolute atomic E-state index is 0.0202. The Morgan fingerprint density at radius 2 is 2.11 bits per heavy atom. The van der Waals surface area contributed by atoms with Gasteiger partial charge in [0.1, 0.15) is 17.5 Å². The molecule has 0 radical (unpaired) electrons. The summed E-state index contributed by atoms with van der Waals surface area (Å²) in [5.74, 6) is -0.489. The number of carbonyl (C=O) groups excluding carboxylic acids is 1. The van der Waals surface area contributed by atoms with E-state index in [1.165, 1.54) is 0 Å². The summed E-state index contributed by atoms with van der Waals surface area (Å²) in [6.07, 6.45) is 1.34. The number of benzene rings is 1. The van der Waals surface area contributed by atoms with Gasteiger partial charge in [-0.25, -0.2) is 9.78 Å². The molecular formula is C20H21ClN2O3S. The van der Waals surface area contributed by atoms with Crippen molar-refractivity contribution in [3.05, 3.63) is 57.5 Å². The number of hydrogen-bond donors (Lipinski definition) is 2. The number of aromatic nitrogens is 2. The highest BCUT2D eigenvalue weighted by atomic mass is 35.5. The van der Waals surface area contributed by atoms with Gasteiger partial charge < -0.3 is 14.8 Å². The number of ether oxygens (including phenoxy) is 1. The van der Waals surface area contributed by atoms with Crippen molar-refractivity contribution in [3.8, 4) is 0 Å². The number of carbonyl (C=O) groups is 1. The van der Waals surface area contributed by atoms with Gasteiger partial charge in [-0.05, 0) is 50.8 Å². The van der Waals surface area contributed by atoms with Crippen LogP contribution in [0.1, 0.15) is 45.9 Å². The smallest absolute Gasteiger partial charge is 0.355 e. The fraction of sp³-hybridized carbons (Fsp3) is 0.300. The minimum atomic E-state index is -0.659. The first-order chi connectivity index (χ1) is 12.8. The molecule has 0 aliphatic carbocycles. The third-order valence-electron chi connectivity index (χ3n) is 4.53. The van der Waals surface area contributed by atoms with Gasteiger partial charge in [0.2, 0.25) is 0 Å². The van der Waals surface area contributed by atoms with Crippen molar-refractivity contribution in [1.29, 1.82) is 0 Å². The maximum atomic E-state index is 12.5. The maximum Gasteiger partial charge on any atom is 0.355 e. The highest BCUT2D eigenvalue weighted by Crippen LogP contribution is 2.27. The van der Waals surface area contributed by atoms with Crippen LogP contribution >= 0.6 is 23.4 Å². The topological polar surface area (TPSA) is 75.2 Å². The number of rotatable bonds is 5. The molecule has 7 heteroatoms. The van der Waals surface area contributed by atoms with Gasteiger partial charge in [-0.3, -0.25) is 0 Å². The number of aliphatic hydroxyl groups is 1. The third kappa shape index (κ3) is 3.98. The van der Waals surface area contributed by atoms with Crippen LogP contribution in [0.15, 0.2) is 29.2 Å². The largest absolute Gasteiger partial charge is 0.456 e. The number of halogens is 1. The summed E-state index contributed by atoms with van der Waals surface area (Å²) >= 11 is 7.92. The van der Waals surface area contributed by atoms with Gasteiger partial charge >= 0.3 is 5.97 Å². The summed E-state index contributed by atoms with van der Waals surface area (Å²) in [6.45, 7) is 5.29. The van der Waals surface area contributed by atoms with E-state index in [9.17, 15) is 9.90 Å². The second kappa shape index (κ2) is 7.92. The van der Waals surface area contributed by atoms with Crippen LogP contribution in [0.5, 0.6) is 0 Å². The molecule has 1 aromatic carbocycles. The van der Waals surface area contributed by atoms with Crippen LogP contribution in [-0.2, 0) is 11.3 Å². The summed E-state index contributed by atoms with van der Waals surface area (Å²) in [5.41, 5.74) is 3.96. The van der Waals surface area contributed by atoms with Crippen molar-refractivity contribution >= 4 is 40.2 Å². The zero-order valence-electron chi connectivity index (χ0n) is 15.6. The first-order valence-electron chi connectivity index (χ1n) is 8.49. The number of aromatic amines is 1. The van der Waals surface area contributed by atoms with Crippen LogP contribution in [-0.4, -0.2) is 27.3 Å². The van der Waals surface area contributed by atoms with E-state index in [-0.39, 0.29) is 6.61 Å². The molecule has 27 heavy (non-hydrogen) atoms. The SMILES string of the molecule is CSc1ccc2cc(COC(=O)c3[nH]c(C)c([C@H](C)O)c3C)c(Cl)nc2c1. The molecule has 0 unspecified atom stereocenters. The lowest BCUT2D eigenvalue weighted by atomic mass is 10.1. The lowest BCUT2D eigenvalue weighted by Crippen LogP contribution is -2.08. The van der Waals surface area contributed by atoms with E-state index in [0.29, 0.717) is 22.0 Å². The maximum absolute atomic E-state index is 12.5. The Bertz CT molecular complexity index is 1010. The summed E-state index contributed by atoms with van der Waals surface area (Å²) in [6, 6.07) is 7.85. The molecule has 1 atom stereocenters. The van der Waals surface area contributed by atoms with Gasteiger partial charge in [0.15, 0.2) is 0 Å². The molecule has 0 aliphatic heterocycles. The van der Waals surface area contributed by atoms with Crippen molar-refractivity contribution < 1.29 is 14.6 Å². The molecule has 0 amide bonds. The van der Waals surface area contributed by atoms with Gasteiger partial charge in [0, 0.05) is 27.1 Å². The number of nitrogens with zero attached hydrogens (tertiary/aromatic N) is 1. The Morgan fingerprint density at radius 1 is 1.37 bits per heavy atom. The number of pyridine rings is 1. The lowest BCUT2D eigenvalue weighted by molar-refractivity contribution is 0.0465. The van der Waals surface area contributed by atoms with Crippen LogP contribution in [0.25, 0.3) is 10.9 Å². The summed E-state index contributed by atoms with van der Waals surface area (Å²) in [5, 5.41) is 11.1. The molecule has 0 saturated carbocycles. The number of aryl methyl sites for hydroxylation is 1. The number of aliphatic hydroxyl groups excluding tert-OH is 1. The number of thioether (sulfide) groups is 1. The molecular weight excluding hydrogens is 384 g/mol. The van der Waals surface area contributed by atoms with E-state index in [0.717, 1.165) is 27.1 Å². The first-order valence-corrected chi connectivity index (χ1v) is 10.1. The molecule has 0 aliphatic rings. The number of nitrogens with one attached hydrogen (secondary N) is 1. The molecule has 3 rings (SSSR count).